The van der Waals surface area contributed by atoms with E-state index in [1.165, 1.54) is 31.5 Å². The lowest BCUT2D eigenvalue weighted by atomic mass is 10.0. The fourth-order valence-corrected chi connectivity index (χ4v) is 4.70. The summed E-state index contributed by atoms with van der Waals surface area (Å²) in [6.45, 7) is 14.8. The molecular weight excluding hydrogens is 422 g/mol. The van der Waals surface area contributed by atoms with Gasteiger partial charge in [0.15, 0.2) is 5.82 Å². The van der Waals surface area contributed by atoms with E-state index in [4.69, 9.17) is 9.97 Å². The number of nitrogens with one attached hydrogen (secondary N) is 1. The zero-order valence-electron chi connectivity index (χ0n) is 20.0. The molecule has 1 saturated heterocycles. The second kappa shape index (κ2) is 11.9. The molecular formula is C28H35N5O. The number of aldehydes is 1. The first-order chi connectivity index (χ1) is 16.7. The van der Waals surface area contributed by atoms with Crippen LogP contribution >= 0.6 is 0 Å². The molecule has 6 heteroatoms. The molecule has 1 aromatic heterocycles. The van der Waals surface area contributed by atoms with Gasteiger partial charge in [-0.2, -0.15) is 0 Å². The number of benzene rings is 1. The zero-order valence-corrected chi connectivity index (χ0v) is 20.0. The summed E-state index contributed by atoms with van der Waals surface area (Å²) in [6.07, 6.45) is 11.2. The molecule has 4 rings (SSSR count). The van der Waals surface area contributed by atoms with Crippen molar-refractivity contribution in [3.8, 4) is 11.4 Å². The summed E-state index contributed by atoms with van der Waals surface area (Å²) in [5.41, 5.74) is 5.03. The number of hydrogen-bond donors (Lipinski definition) is 1. The van der Waals surface area contributed by atoms with E-state index >= 15 is 0 Å². The van der Waals surface area contributed by atoms with Gasteiger partial charge in [0.05, 0.1) is 5.69 Å². The number of fused-ring (bicyclic) bond motifs is 1. The van der Waals surface area contributed by atoms with Crippen molar-refractivity contribution >= 4 is 12.1 Å². The lowest BCUT2D eigenvalue weighted by Gasteiger charge is -2.30. The van der Waals surface area contributed by atoms with Crippen LogP contribution in [0.5, 0.6) is 0 Å². The predicted octanol–water partition coefficient (Wildman–Crippen LogP) is 4.51. The fourth-order valence-electron chi connectivity index (χ4n) is 4.70. The molecule has 178 valence electrons. The Kier molecular flexibility index (Phi) is 8.39. The number of allylic oxidation sites excluding steroid dienone is 2. The minimum atomic E-state index is 0.656. The number of likely N-dealkylation sites (tertiary alicyclic amines) is 1. The summed E-state index contributed by atoms with van der Waals surface area (Å²) in [6, 6.07) is 7.49. The maximum absolute atomic E-state index is 11.0. The number of carbonyl (C=O) groups excluding carboxylic acids is 1. The molecule has 1 fully saturated rings. The van der Waals surface area contributed by atoms with Gasteiger partial charge in [-0.15, -0.1) is 0 Å². The Bertz CT molecular complexity index is 1040. The molecule has 0 unspecified atom stereocenters. The number of nitrogens with zero attached hydrogens (tertiary/aromatic N) is 4. The van der Waals surface area contributed by atoms with Gasteiger partial charge < -0.3 is 10.2 Å². The third kappa shape index (κ3) is 6.07. The van der Waals surface area contributed by atoms with Crippen molar-refractivity contribution in [2.75, 3.05) is 44.6 Å². The monoisotopic (exact) mass is 457 g/mol. The maximum Gasteiger partial charge on any atom is 0.161 e. The summed E-state index contributed by atoms with van der Waals surface area (Å²) in [4.78, 5) is 25.9. The van der Waals surface area contributed by atoms with Crippen LogP contribution < -0.4 is 5.32 Å². The van der Waals surface area contributed by atoms with E-state index in [0.29, 0.717) is 11.4 Å². The largest absolute Gasteiger partial charge is 0.370 e. The number of anilines is 1. The second-order valence-corrected chi connectivity index (χ2v) is 9.03. The van der Waals surface area contributed by atoms with E-state index in [1.54, 1.807) is 0 Å². The van der Waals surface area contributed by atoms with Crippen molar-refractivity contribution in [1.82, 2.24) is 19.8 Å². The van der Waals surface area contributed by atoms with Gasteiger partial charge in [0.2, 0.25) is 0 Å². The molecule has 0 aliphatic carbocycles. The van der Waals surface area contributed by atoms with Gasteiger partial charge in [0.1, 0.15) is 12.1 Å². The summed E-state index contributed by atoms with van der Waals surface area (Å²) < 4.78 is 0. The molecule has 3 heterocycles. The highest BCUT2D eigenvalue weighted by Crippen LogP contribution is 2.28. The normalized spacial score (nSPS) is 16.8. The first-order valence-corrected chi connectivity index (χ1v) is 12.3. The van der Waals surface area contributed by atoms with Gasteiger partial charge in [-0.05, 0) is 44.5 Å². The van der Waals surface area contributed by atoms with Crippen LogP contribution in [0.25, 0.3) is 11.4 Å². The van der Waals surface area contributed by atoms with Gasteiger partial charge in [-0.25, -0.2) is 9.97 Å². The third-order valence-electron chi connectivity index (χ3n) is 6.59. The van der Waals surface area contributed by atoms with Crippen LogP contribution in [0.3, 0.4) is 0 Å². The molecule has 1 aromatic carbocycles. The highest BCUT2D eigenvalue weighted by atomic mass is 16.1. The quantitative estimate of drug-likeness (QED) is 0.304. The van der Waals surface area contributed by atoms with Gasteiger partial charge in [-0.3, -0.25) is 9.69 Å². The molecule has 0 bridgehead atoms. The lowest BCUT2D eigenvalue weighted by molar-refractivity contribution is 0.112. The zero-order chi connectivity index (χ0) is 23.8. The van der Waals surface area contributed by atoms with Gasteiger partial charge in [-0.1, -0.05) is 55.7 Å². The van der Waals surface area contributed by atoms with E-state index in [9.17, 15) is 4.79 Å². The molecule has 0 radical (unpaired) electrons. The average molecular weight is 458 g/mol. The van der Waals surface area contributed by atoms with Crippen LogP contribution in [0.1, 0.15) is 40.9 Å². The van der Waals surface area contributed by atoms with E-state index in [-0.39, 0.29) is 0 Å². The minimum Gasteiger partial charge on any atom is -0.370 e. The first-order valence-electron chi connectivity index (χ1n) is 12.3. The van der Waals surface area contributed by atoms with Crippen LogP contribution in [-0.2, 0) is 13.0 Å². The second-order valence-electron chi connectivity index (χ2n) is 9.03. The van der Waals surface area contributed by atoms with Crippen LogP contribution in [0.15, 0.2) is 61.2 Å². The summed E-state index contributed by atoms with van der Waals surface area (Å²) in [7, 11) is 0. The van der Waals surface area contributed by atoms with Crippen molar-refractivity contribution in [3.05, 3.63) is 78.0 Å². The van der Waals surface area contributed by atoms with E-state index in [1.807, 2.05) is 42.5 Å². The van der Waals surface area contributed by atoms with Crippen LogP contribution in [0, 0.1) is 0 Å². The molecule has 0 atom stereocenters. The number of hydrogen-bond acceptors (Lipinski definition) is 6. The van der Waals surface area contributed by atoms with E-state index in [0.717, 1.165) is 74.5 Å². The standard InChI is InChI=1S/C28H35N5O/c1-3-8-22(4-2)19-33-18-13-26-25(20-33)28(29-14-7-17-32-15-5-6-16-32)31-27(30-26)24-11-9-23(21-34)10-12-24/h3-4,8-12,21H,1-2,5-7,13-20H2,(H,29,30,31)/b22-8+. The third-order valence-corrected chi connectivity index (χ3v) is 6.59. The Morgan fingerprint density at radius 3 is 2.56 bits per heavy atom. The molecule has 2 aliphatic rings. The molecule has 2 aliphatic heterocycles. The molecule has 1 N–H and O–H groups in total. The summed E-state index contributed by atoms with van der Waals surface area (Å²) >= 11 is 0. The van der Waals surface area contributed by atoms with Crippen molar-refractivity contribution in [3.63, 3.8) is 0 Å². The summed E-state index contributed by atoms with van der Waals surface area (Å²) in [5, 5.41) is 3.63. The molecule has 0 amide bonds. The molecule has 0 spiro atoms. The van der Waals surface area contributed by atoms with Crippen molar-refractivity contribution < 1.29 is 4.79 Å². The lowest BCUT2D eigenvalue weighted by Crippen LogP contribution is -2.33. The molecule has 0 saturated carbocycles. The van der Waals surface area contributed by atoms with Crippen molar-refractivity contribution in [2.24, 2.45) is 0 Å². The number of aromatic nitrogens is 2. The van der Waals surface area contributed by atoms with E-state index in [2.05, 4.69) is 28.3 Å². The fraction of sp³-hybridized carbons (Fsp3) is 0.393. The van der Waals surface area contributed by atoms with Crippen molar-refractivity contribution in [1.29, 1.82) is 0 Å². The Labute approximate surface area is 203 Å². The van der Waals surface area contributed by atoms with Gasteiger partial charge in [0.25, 0.3) is 0 Å². The Morgan fingerprint density at radius 2 is 1.85 bits per heavy atom. The van der Waals surface area contributed by atoms with Crippen LogP contribution in [0.2, 0.25) is 0 Å². The van der Waals surface area contributed by atoms with Crippen LogP contribution in [0.4, 0.5) is 5.82 Å². The Hall–Kier alpha value is -3.09. The Balaban J connectivity index is 1.54. The van der Waals surface area contributed by atoms with Crippen molar-refractivity contribution in [2.45, 2.75) is 32.2 Å². The maximum atomic E-state index is 11.0. The average Bonchev–Trinajstić information content (AvgIpc) is 3.40. The number of rotatable bonds is 11. The molecule has 6 nitrogen and oxygen atoms in total. The summed E-state index contributed by atoms with van der Waals surface area (Å²) in [5.74, 6) is 1.64. The minimum absolute atomic E-state index is 0.656. The Morgan fingerprint density at radius 1 is 1.06 bits per heavy atom. The molecule has 34 heavy (non-hydrogen) atoms. The molecule has 2 aromatic rings. The van der Waals surface area contributed by atoms with E-state index < -0.39 is 0 Å². The topological polar surface area (TPSA) is 61.4 Å². The smallest absolute Gasteiger partial charge is 0.161 e. The van der Waals surface area contributed by atoms with Crippen LogP contribution in [-0.4, -0.2) is 65.3 Å². The SMILES string of the molecule is C=C/C=C(\C=C)CN1CCc2nc(-c3ccc(C=O)cc3)nc(NCCCN3CCCC3)c2C1. The van der Waals surface area contributed by atoms with Gasteiger partial charge >= 0.3 is 0 Å². The predicted molar refractivity (Wildman–Crippen MR) is 139 cm³/mol. The number of carbonyl (C=O) groups is 1. The first kappa shape index (κ1) is 24.0. The van der Waals surface area contributed by atoms with Gasteiger partial charge in [0, 0.05) is 49.3 Å². The highest BCUT2D eigenvalue weighted by Gasteiger charge is 2.23. The highest BCUT2D eigenvalue weighted by molar-refractivity contribution is 5.76.